The Morgan fingerprint density at radius 1 is 1.19 bits per heavy atom. The van der Waals surface area contributed by atoms with Crippen LogP contribution in [0.4, 0.5) is 11.4 Å². The van der Waals surface area contributed by atoms with Gasteiger partial charge in [-0.3, -0.25) is 4.79 Å². The van der Waals surface area contributed by atoms with Crippen molar-refractivity contribution in [2.75, 3.05) is 30.9 Å². The number of amides is 1. The number of nitrogens with zero attached hydrogens (tertiary/aromatic N) is 1. The minimum atomic E-state index is -3.63. The van der Waals surface area contributed by atoms with Gasteiger partial charge in [0, 0.05) is 26.2 Å². The van der Waals surface area contributed by atoms with E-state index in [4.69, 9.17) is 11.6 Å². The van der Waals surface area contributed by atoms with Crippen molar-refractivity contribution in [3.8, 4) is 0 Å². The number of nitrogens with one attached hydrogen (secondary N) is 2. The van der Waals surface area contributed by atoms with Crippen molar-refractivity contribution in [3.63, 3.8) is 0 Å². The van der Waals surface area contributed by atoms with Gasteiger partial charge < -0.3 is 10.2 Å². The van der Waals surface area contributed by atoms with Gasteiger partial charge in [0.1, 0.15) is 0 Å². The van der Waals surface area contributed by atoms with Crippen LogP contribution in [0.3, 0.4) is 0 Å². The SMILES string of the molecule is CN(C)c1c(Cl)cccc1NC(=O)c1cccc(S(=O)(=O)NCC2CC2)c1. The fourth-order valence-electron chi connectivity index (χ4n) is 2.70. The number of hydrogen-bond donors (Lipinski definition) is 2. The molecular formula is C19H22ClN3O3S. The Labute approximate surface area is 164 Å². The van der Waals surface area contributed by atoms with E-state index in [0.717, 1.165) is 12.8 Å². The Morgan fingerprint density at radius 2 is 1.89 bits per heavy atom. The molecular weight excluding hydrogens is 386 g/mol. The van der Waals surface area contributed by atoms with Crippen molar-refractivity contribution in [2.24, 2.45) is 5.92 Å². The van der Waals surface area contributed by atoms with E-state index in [1.807, 2.05) is 14.1 Å². The predicted molar refractivity (Wildman–Crippen MR) is 108 cm³/mol. The molecule has 144 valence electrons. The quantitative estimate of drug-likeness (QED) is 0.737. The van der Waals surface area contributed by atoms with Gasteiger partial charge in [-0.1, -0.05) is 23.7 Å². The number of halogens is 1. The summed E-state index contributed by atoms with van der Waals surface area (Å²) >= 11 is 6.22. The molecule has 0 atom stereocenters. The first-order valence-corrected chi connectivity index (χ1v) is 10.5. The molecule has 0 aliphatic heterocycles. The third kappa shape index (κ3) is 4.80. The van der Waals surface area contributed by atoms with E-state index in [1.54, 1.807) is 35.2 Å². The molecule has 2 aromatic carbocycles. The van der Waals surface area contributed by atoms with Gasteiger partial charge in [0.05, 0.1) is 21.3 Å². The summed E-state index contributed by atoms with van der Waals surface area (Å²) < 4.78 is 27.4. The molecule has 0 saturated heterocycles. The minimum Gasteiger partial charge on any atom is -0.375 e. The van der Waals surface area contributed by atoms with E-state index in [1.165, 1.54) is 12.1 Å². The van der Waals surface area contributed by atoms with E-state index in [2.05, 4.69) is 10.0 Å². The molecule has 0 heterocycles. The zero-order chi connectivity index (χ0) is 19.6. The Morgan fingerprint density at radius 3 is 2.56 bits per heavy atom. The molecule has 1 saturated carbocycles. The van der Waals surface area contributed by atoms with E-state index >= 15 is 0 Å². The van der Waals surface area contributed by atoms with Crippen LogP contribution in [-0.4, -0.2) is 35.0 Å². The zero-order valence-corrected chi connectivity index (χ0v) is 16.8. The lowest BCUT2D eigenvalue weighted by Gasteiger charge is -2.19. The highest BCUT2D eigenvalue weighted by Gasteiger charge is 2.24. The molecule has 1 fully saturated rings. The molecule has 0 unspecified atom stereocenters. The van der Waals surface area contributed by atoms with Crippen LogP contribution >= 0.6 is 11.6 Å². The van der Waals surface area contributed by atoms with Gasteiger partial charge in [-0.15, -0.1) is 0 Å². The van der Waals surface area contributed by atoms with Crippen LogP contribution in [0.25, 0.3) is 0 Å². The van der Waals surface area contributed by atoms with Crippen LogP contribution in [0.5, 0.6) is 0 Å². The van der Waals surface area contributed by atoms with Crippen LogP contribution in [0, 0.1) is 5.92 Å². The first kappa shape index (κ1) is 19.7. The van der Waals surface area contributed by atoms with Crippen molar-refractivity contribution in [1.82, 2.24) is 4.72 Å². The molecule has 2 N–H and O–H groups in total. The second kappa shape index (κ2) is 7.88. The fraction of sp³-hybridized carbons (Fsp3) is 0.316. The number of rotatable bonds is 7. The van der Waals surface area contributed by atoms with Gasteiger partial charge in [0.2, 0.25) is 10.0 Å². The maximum Gasteiger partial charge on any atom is 0.255 e. The first-order valence-electron chi connectivity index (χ1n) is 8.65. The maximum absolute atomic E-state index is 12.7. The molecule has 2 aromatic rings. The van der Waals surface area contributed by atoms with Gasteiger partial charge >= 0.3 is 0 Å². The van der Waals surface area contributed by atoms with Crippen LogP contribution in [0.2, 0.25) is 5.02 Å². The lowest BCUT2D eigenvalue weighted by molar-refractivity contribution is 0.102. The van der Waals surface area contributed by atoms with E-state index in [9.17, 15) is 13.2 Å². The molecule has 1 aliphatic rings. The van der Waals surface area contributed by atoms with Crippen molar-refractivity contribution in [2.45, 2.75) is 17.7 Å². The largest absolute Gasteiger partial charge is 0.375 e. The maximum atomic E-state index is 12.7. The molecule has 8 heteroatoms. The number of anilines is 2. The first-order chi connectivity index (χ1) is 12.8. The van der Waals surface area contributed by atoms with Crippen LogP contribution < -0.4 is 14.9 Å². The number of hydrogen-bond acceptors (Lipinski definition) is 4. The predicted octanol–water partition coefficient (Wildman–Crippen LogP) is 3.35. The van der Waals surface area contributed by atoms with Crippen molar-refractivity contribution < 1.29 is 13.2 Å². The van der Waals surface area contributed by atoms with Crippen molar-refractivity contribution >= 4 is 38.9 Å². The summed E-state index contributed by atoms with van der Waals surface area (Å²) in [5.74, 6) is 0.0261. The second-order valence-corrected chi connectivity index (χ2v) is 8.98. The summed E-state index contributed by atoms with van der Waals surface area (Å²) in [5, 5.41) is 3.32. The van der Waals surface area contributed by atoms with Crippen molar-refractivity contribution in [1.29, 1.82) is 0 Å². The number of sulfonamides is 1. The van der Waals surface area contributed by atoms with Gasteiger partial charge in [-0.25, -0.2) is 13.1 Å². The molecule has 0 aromatic heterocycles. The topological polar surface area (TPSA) is 78.5 Å². The number of para-hydroxylation sites is 1. The Balaban J connectivity index is 1.81. The minimum absolute atomic E-state index is 0.0785. The number of benzene rings is 2. The normalized spacial score (nSPS) is 14.0. The molecule has 3 rings (SSSR count). The van der Waals surface area contributed by atoms with E-state index in [-0.39, 0.29) is 10.5 Å². The van der Waals surface area contributed by atoms with Crippen molar-refractivity contribution in [3.05, 3.63) is 53.1 Å². The Hall–Kier alpha value is -2.09. The number of carbonyl (C=O) groups is 1. The molecule has 0 radical (unpaired) electrons. The monoisotopic (exact) mass is 407 g/mol. The lowest BCUT2D eigenvalue weighted by Crippen LogP contribution is -2.26. The highest BCUT2D eigenvalue weighted by molar-refractivity contribution is 7.89. The molecule has 1 amide bonds. The average Bonchev–Trinajstić information content (AvgIpc) is 3.44. The summed E-state index contributed by atoms with van der Waals surface area (Å²) in [6.45, 7) is 0.438. The third-order valence-electron chi connectivity index (χ3n) is 4.35. The summed E-state index contributed by atoms with van der Waals surface area (Å²) in [5.41, 5.74) is 1.49. The fourth-order valence-corrected chi connectivity index (χ4v) is 4.21. The van der Waals surface area contributed by atoms with Gasteiger partial charge in [-0.05, 0) is 49.1 Å². The smallest absolute Gasteiger partial charge is 0.255 e. The zero-order valence-electron chi connectivity index (χ0n) is 15.2. The lowest BCUT2D eigenvalue weighted by atomic mass is 10.2. The highest BCUT2D eigenvalue weighted by atomic mass is 35.5. The third-order valence-corrected chi connectivity index (χ3v) is 6.07. The van der Waals surface area contributed by atoms with E-state index < -0.39 is 15.9 Å². The van der Waals surface area contributed by atoms with Crippen LogP contribution in [0.15, 0.2) is 47.4 Å². The second-order valence-electron chi connectivity index (χ2n) is 6.81. The van der Waals surface area contributed by atoms with Crippen LogP contribution in [0.1, 0.15) is 23.2 Å². The van der Waals surface area contributed by atoms with Gasteiger partial charge in [-0.2, -0.15) is 0 Å². The standard InChI is InChI=1S/C19H22ClN3O3S/c1-23(2)18-16(20)7-4-8-17(18)22-19(24)14-5-3-6-15(11-14)27(25,26)21-12-13-9-10-13/h3-8,11,13,21H,9-10,12H2,1-2H3,(H,22,24). The van der Waals surface area contributed by atoms with E-state index in [0.29, 0.717) is 28.9 Å². The number of carbonyl (C=O) groups excluding carboxylic acids is 1. The molecule has 1 aliphatic carbocycles. The molecule has 0 bridgehead atoms. The van der Waals surface area contributed by atoms with Gasteiger partial charge in [0.15, 0.2) is 0 Å². The Kier molecular flexibility index (Phi) is 5.74. The summed E-state index contributed by atoms with van der Waals surface area (Å²) in [4.78, 5) is 14.6. The molecule has 0 spiro atoms. The Bertz CT molecular complexity index is 956. The van der Waals surface area contributed by atoms with Crippen LogP contribution in [-0.2, 0) is 10.0 Å². The summed E-state index contributed by atoms with van der Waals surface area (Å²) in [7, 11) is 0.0261. The van der Waals surface area contributed by atoms with Gasteiger partial charge in [0.25, 0.3) is 5.91 Å². The summed E-state index contributed by atoms with van der Waals surface area (Å²) in [6.07, 6.45) is 2.11. The average molecular weight is 408 g/mol. The molecule has 27 heavy (non-hydrogen) atoms. The summed E-state index contributed by atoms with van der Waals surface area (Å²) in [6, 6.07) is 11.2. The highest BCUT2D eigenvalue weighted by Crippen LogP contribution is 2.33. The molecule has 6 nitrogen and oxygen atoms in total.